The quantitative estimate of drug-likeness (QED) is 0.430. The number of halogens is 7. The van der Waals surface area contributed by atoms with E-state index >= 15 is 0 Å². The highest BCUT2D eigenvalue weighted by molar-refractivity contribution is 8.00. The number of carbonyl (C=O) groups is 1. The molecule has 35 heavy (non-hydrogen) atoms. The Kier molecular flexibility index (Phi) is 6.80. The molecule has 0 saturated heterocycles. The molecule has 3 aromatic rings. The molecule has 1 aliphatic carbocycles. The van der Waals surface area contributed by atoms with Crippen LogP contribution >= 0.6 is 11.8 Å². The van der Waals surface area contributed by atoms with Gasteiger partial charge in [-0.15, -0.1) is 11.8 Å². The van der Waals surface area contributed by atoms with Crippen molar-refractivity contribution < 1.29 is 35.5 Å². The average Bonchev–Trinajstić information content (AvgIpc) is 3.21. The Bertz CT molecular complexity index is 1190. The van der Waals surface area contributed by atoms with Crippen LogP contribution in [0.3, 0.4) is 0 Å². The monoisotopic (exact) mass is 518 g/mol. The third-order valence-electron chi connectivity index (χ3n) is 5.46. The second-order valence-electron chi connectivity index (χ2n) is 7.86. The molecule has 1 aliphatic rings. The maximum absolute atomic E-state index is 13.5. The number of amides is 1. The zero-order chi connectivity index (χ0) is 25.4. The van der Waals surface area contributed by atoms with E-state index in [1.807, 2.05) is 0 Å². The van der Waals surface area contributed by atoms with E-state index in [4.69, 9.17) is 0 Å². The predicted molar refractivity (Wildman–Crippen MR) is 112 cm³/mol. The molecule has 5 nitrogen and oxygen atoms in total. The minimum absolute atomic E-state index is 0.0940. The highest BCUT2D eigenvalue weighted by Crippen LogP contribution is 2.41. The van der Waals surface area contributed by atoms with E-state index in [9.17, 15) is 35.5 Å². The fraction of sp³-hybridized carbons (Fsp3) is 0.318. The van der Waals surface area contributed by atoms with Crippen LogP contribution in [-0.4, -0.2) is 25.9 Å². The summed E-state index contributed by atoms with van der Waals surface area (Å²) in [5.41, 5.74) is -2.89. The number of nitrogens with one attached hydrogen (secondary N) is 1. The van der Waals surface area contributed by atoms with Crippen molar-refractivity contribution in [2.45, 2.75) is 41.9 Å². The third kappa shape index (κ3) is 5.77. The largest absolute Gasteiger partial charge is 0.435 e. The van der Waals surface area contributed by atoms with Gasteiger partial charge in [-0.3, -0.25) is 4.79 Å². The lowest BCUT2D eigenvalue weighted by molar-refractivity contribution is -0.142. The normalized spacial score (nSPS) is 18.3. The van der Waals surface area contributed by atoms with E-state index in [2.05, 4.69) is 15.4 Å². The van der Waals surface area contributed by atoms with Crippen LogP contribution in [0.4, 0.5) is 30.7 Å². The van der Waals surface area contributed by atoms with Crippen molar-refractivity contribution in [3.05, 3.63) is 71.6 Å². The zero-order valence-electron chi connectivity index (χ0n) is 17.7. The van der Waals surface area contributed by atoms with Crippen molar-refractivity contribution in [1.29, 1.82) is 0 Å². The van der Waals surface area contributed by atoms with Crippen molar-refractivity contribution in [3.8, 4) is 5.69 Å². The third-order valence-corrected chi connectivity index (χ3v) is 6.87. The lowest BCUT2D eigenvalue weighted by atomic mass is 9.84. The fourth-order valence-corrected chi connectivity index (χ4v) is 4.83. The summed E-state index contributed by atoms with van der Waals surface area (Å²) in [5, 5.41) is 5.87. The van der Waals surface area contributed by atoms with Crippen LogP contribution in [0.2, 0.25) is 0 Å². The minimum Gasteiger partial charge on any atom is -0.352 e. The number of aromatic nitrogens is 3. The van der Waals surface area contributed by atoms with Crippen LogP contribution in [-0.2, 0) is 23.7 Å². The van der Waals surface area contributed by atoms with Gasteiger partial charge in [-0.25, -0.2) is 14.1 Å². The van der Waals surface area contributed by atoms with Crippen LogP contribution in [0, 0.1) is 11.7 Å². The standard InChI is InChI=1S/C22H17F7N4OS/c23-13-1-4-15(5-2-13)35-17-7-6-16(17)20(34)31-9-12-11-33(32-19(12)22(27,28)29)14-3-8-18(30-10-14)21(24,25)26/h1-5,8,10-11,16-17H,6-7,9H2,(H,31,34). The van der Waals surface area contributed by atoms with Gasteiger partial charge in [0.25, 0.3) is 0 Å². The number of thioether (sulfide) groups is 1. The number of rotatable bonds is 6. The van der Waals surface area contributed by atoms with Gasteiger partial charge in [-0.1, -0.05) is 0 Å². The van der Waals surface area contributed by atoms with E-state index in [1.165, 1.54) is 23.9 Å². The molecular weight excluding hydrogens is 501 g/mol. The number of pyridine rings is 1. The Morgan fingerprint density at radius 2 is 1.74 bits per heavy atom. The van der Waals surface area contributed by atoms with Gasteiger partial charge in [-0.2, -0.15) is 31.4 Å². The van der Waals surface area contributed by atoms with Crippen LogP contribution in [0.25, 0.3) is 5.69 Å². The molecule has 186 valence electrons. The van der Waals surface area contributed by atoms with Gasteiger partial charge in [0.05, 0.1) is 17.8 Å². The van der Waals surface area contributed by atoms with Crippen LogP contribution < -0.4 is 5.32 Å². The second-order valence-corrected chi connectivity index (χ2v) is 9.17. The van der Waals surface area contributed by atoms with Crippen LogP contribution in [0.1, 0.15) is 29.8 Å². The van der Waals surface area contributed by atoms with Gasteiger partial charge in [0.15, 0.2) is 5.69 Å². The molecule has 13 heteroatoms. The smallest absolute Gasteiger partial charge is 0.352 e. The highest BCUT2D eigenvalue weighted by Gasteiger charge is 2.39. The van der Waals surface area contributed by atoms with E-state index < -0.39 is 42.1 Å². The van der Waals surface area contributed by atoms with E-state index in [-0.39, 0.29) is 22.3 Å². The van der Waals surface area contributed by atoms with Crippen LogP contribution in [0.15, 0.2) is 53.7 Å². The molecule has 0 aliphatic heterocycles. The Morgan fingerprint density at radius 3 is 2.29 bits per heavy atom. The minimum atomic E-state index is -4.85. The summed E-state index contributed by atoms with van der Waals surface area (Å²) in [6.45, 7) is -0.466. The Morgan fingerprint density at radius 1 is 1.03 bits per heavy atom. The van der Waals surface area contributed by atoms with Crippen molar-refractivity contribution in [2.24, 2.45) is 5.92 Å². The van der Waals surface area contributed by atoms with Gasteiger partial charge in [-0.05, 0) is 49.2 Å². The topological polar surface area (TPSA) is 59.8 Å². The summed E-state index contributed by atoms with van der Waals surface area (Å²) < 4.78 is 92.5. The molecule has 0 bridgehead atoms. The number of hydrogen-bond donors (Lipinski definition) is 1. The summed E-state index contributed by atoms with van der Waals surface area (Å²) >= 11 is 1.40. The van der Waals surface area contributed by atoms with Crippen molar-refractivity contribution >= 4 is 17.7 Å². The average molecular weight is 518 g/mol. The summed E-state index contributed by atoms with van der Waals surface area (Å²) in [6.07, 6.45) is -6.48. The summed E-state index contributed by atoms with van der Waals surface area (Å²) in [5.74, 6) is -1.23. The van der Waals surface area contributed by atoms with E-state index in [1.54, 1.807) is 12.1 Å². The molecular formula is C22H17F7N4OS. The van der Waals surface area contributed by atoms with Crippen LogP contribution in [0.5, 0.6) is 0 Å². The summed E-state index contributed by atoms with van der Waals surface area (Å²) in [4.78, 5) is 16.6. The molecule has 2 unspecified atom stereocenters. The number of nitrogens with zero attached hydrogens (tertiary/aromatic N) is 3. The van der Waals surface area contributed by atoms with Crippen molar-refractivity contribution in [2.75, 3.05) is 0 Å². The SMILES string of the molecule is O=C(NCc1cn(-c2ccc(C(F)(F)F)nc2)nc1C(F)(F)F)C1CCC1Sc1ccc(F)cc1. The number of carbonyl (C=O) groups excluding carboxylic acids is 1. The lowest BCUT2D eigenvalue weighted by Crippen LogP contribution is -2.42. The molecule has 1 amide bonds. The van der Waals surface area contributed by atoms with E-state index in [0.717, 1.165) is 34.5 Å². The summed E-state index contributed by atoms with van der Waals surface area (Å²) in [7, 11) is 0. The Balaban J connectivity index is 1.45. The second kappa shape index (κ2) is 9.51. The molecule has 2 aromatic heterocycles. The van der Waals surface area contributed by atoms with Gasteiger partial charge < -0.3 is 5.32 Å². The number of benzene rings is 1. The van der Waals surface area contributed by atoms with E-state index in [0.29, 0.717) is 12.5 Å². The highest BCUT2D eigenvalue weighted by atomic mass is 32.2. The molecule has 2 heterocycles. The molecule has 1 fully saturated rings. The molecule has 4 rings (SSSR count). The molecule has 0 spiro atoms. The summed E-state index contributed by atoms with van der Waals surface area (Å²) in [6, 6.07) is 7.39. The first kappa shape index (κ1) is 25.0. The van der Waals surface area contributed by atoms with Gasteiger partial charge in [0.2, 0.25) is 5.91 Å². The lowest BCUT2D eigenvalue weighted by Gasteiger charge is -2.34. The molecule has 2 atom stereocenters. The van der Waals surface area contributed by atoms with Gasteiger partial charge >= 0.3 is 12.4 Å². The molecule has 1 N–H and O–H groups in total. The first-order chi connectivity index (χ1) is 16.4. The number of hydrogen-bond acceptors (Lipinski definition) is 4. The molecule has 1 aromatic carbocycles. The Labute approximate surface area is 198 Å². The number of alkyl halides is 6. The van der Waals surface area contributed by atoms with Gasteiger partial charge in [0, 0.05) is 28.5 Å². The van der Waals surface area contributed by atoms with Gasteiger partial charge in [0.1, 0.15) is 11.5 Å². The molecule has 0 radical (unpaired) electrons. The Hall–Kier alpha value is -3.09. The maximum atomic E-state index is 13.5. The molecule has 1 saturated carbocycles. The first-order valence-corrected chi connectivity index (χ1v) is 11.2. The van der Waals surface area contributed by atoms with Crippen molar-refractivity contribution in [1.82, 2.24) is 20.1 Å². The predicted octanol–water partition coefficient (Wildman–Crippen LogP) is 5.63. The first-order valence-electron chi connectivity index (χ1n) is 10.3. The maximum Gasteiger partial charge on any atom is 0.435 e. The zero-order valence-corrected chi connectivity index (χ0v) is 18.5. The van der Waals surface area contributed by atoms with Crippen molar-refractivity contribution in [3.63, 3.8) is 0 Å². The fourth-order valence-electron chi connectivity index (χ4n) is 3.51.